The Morgan fingerprint density at radius 2 is 1.79 bits per heavy atom. The Balaban J connectivity index is 0.00000342. The van der Waals surface area contributed by atoms with Crippen molar-refractivity contribution in [2.24, 2.45) is 0 Å². The molecule has 0 aliphatic rings. The number of nitrogens with one attached hydrogen (secondary N) is 1. The number of nitrogens with zero attached hydrogens (tertiary/aromatic N) is 3. The number of rotatable bonds is 7. The maximum absolute atomic E-state index is 14.8. The summed E-state index contributed by atoms with van der Waals surface area (Å²) in [6.07, 6.45) is 1.45. The second-order valence-corrected chi connectivity index (χ2v) is 8.52. The molecule has 0 atom stereocenters. The molecule has 0 radical (unpaired) electrons. The Bertz CT molecular complexity index is 1300. The van der Waals surface area contributed by atoms with Gasteiger partial charge in [-0.3, -0.25) is 4.79 Å². The summed E-state index contributed by atoms with van der Waals surface area (Å²) in [5, 5.41) is 3.63. The Labute approximate surface area is 204 Å². The molecule has 0 saturated carbocycles. The van der Waals surface area contributed by atoms with Gasteiger partial charge in [-0.05, 0) is 49.7 Å². The zero-order chi connectivity index (χ0) is 24.1. The van der Waals surface area contributed by atoms with E-state index in [0.717, 1.165) is 5.56 Å². The first-order chi connectivity index (χ1) is 16.4. The van der Waals surface area contributed by atoms with Gasteiger partial charge in [0.2, 0.25) is 5.95 Å². The second-order valence-electron chi connectivity index (χ2n) is 8.08. The van der Waals surface area contributed by atoms with Gasteiger partial charge in [0.1, 0.15) is 5.82 Å². The van der Waals surface area contributed by atoms with Crippen LogP contribution in [0.1, 0.15) is 31.2 Å². The van der Waals surface area contributed by atoms with Gasteiger partial charge in [0, 0.05) is 36.5 Å². The molecule has 174 valence electrons. The molecule has 0 fully saturated rings. The van der Waals surface area contributed by atoms with Crippen molar-refractivity contribution >= 4 is 29.1 Å². The lowest BCUT2D eigenvalue weighted by Gasteiger charge is -2.27. The van der Waals surface area contributed by atoms with E-state index in [4.69, 9.17) is 11.6 Å². The molecule has 34 heavy (non-hydrogen) atoms. The summed E-state index contributed by atoms with van der Waals surface area (Å²) >= 11 is 6.08. The van der Waals surface area contributed by atoms with E-state index < -0.39 is 5.82 Å². The van der Waals surface area contributed by atoms with Crippen LogP contribution in [0, 0.1) is 5.82 Å². The molecule has 1 aromatic heterocycles. The van der Waals surface area contributed by atoms with Crippen molar-refractivity contribution in [1.29, 1.82) is 0 Å². The molecule has 0 saturated heterocycles. The third-order valence-electron chi connectivity index (χ3n) is 5.31. The third kappa shape index (κ3) is 5.41. The molecular formula is C27H26ClFN4O. The summed E-state index contributed by atoms with van der Waals surface area (Å²) in [5.74, 6) is -0.509. The Hall–Kier alpha value is -3.77. The molecule has 1 N–H and O–H groups in total. The van der Waals surface area contributed by atoms with Crippen LogP contribution in [0.15, 0.2) is 85.1 Å². The van der Waals surface area contributed by atoms with E-state index in [1.807, 2.05) is 50.2 Å². The summed E-state index contributed by atoms with van der Waals surface area (Å²) in [5.41, 5.74) is 2.36. The van der Waals surface area contributed by atoms with Crippen LogP contribution in [0.5, 0.6) is 0 Å². The van der Waals surface area contributed by atoms with Crippen molar-refractivity contribution in [1.82, 2.24) is 14.9 Å². The van der Waals surface area contributed by atoms with Crippen molar-refractivity contribution < 1.29 is 10.6 Å². The number of hydrogen-bond acceptors (Lipinski definition) is 4. The maximum atomic E-state index is 14.8. The van der Waals surface area contributed by atoms with Crippen LogP contribution in [0.3, 0.4) is 0 Å². The Morgan fingerprint density at radius 3 is 2.50 bits per heavy atom. The fraction of sp³-hybridized carbons (Fsp3) is 0.148. The molecule has 0 aliphatic carbocycles. The highest BCUT2D eigenvalue weighted by Gasteiger charge is 2.25. The summed E-state index contributed by atoms with van der Waals surface area (Å²) in [6, 6.07) is 23.0. The van der Waals surface area contributed by atoms with Gasteiger partial charge in [-0.2, -0.15) is 0 Å². The molecule has 0 spiro atoms. The highest BCUT2D eigenvalue weighted by Crippen LogP contribution is 2.28. The monoisotopic (exact) mass is 476 g/mol. The van der Waals surface area contributed by atoms with E-state index in [1.54, 1.807) is 41.3 Å². The van der Waals surface area contributed by atoms with Crippen LogP contribution in [-0.4, -0.2) is 26.8 Å². The topological polar surface area (TPSA) is 58.1 Å². The normalized spacial score (nSPS) is 10.9. The minimum atomic E-state index is -0.469. The molecule has 4 aromatic rings. The van der Waals surface area contributed by atoms with Crippen LogP contribution in [0.4, 0.5) is 16.0 Å². The molecule has 3 aromatic carbocycles. The molecule has 1 amide bonds. The van der Waals surface area contributed by atoms with Gasteiger partial charge in [0.25, 0.3) is 5.91 Å². The van der Waals surface area contributed by atoms with Crippen LogP contribution >= 0.6 is 11.6 Å². The van der Waals surface area contributed by atoms with Crippen LogP contribution < -0.4 is 5.32 Å². The summed E-state index contributed by atoms with van der Waals surface area (Å²) in [7, 11) is 0. The van der Waals surface area contributed by atoms with Crippen LogP contribution in [-0.2, 0) is 6.54 Å². The quantitative estimate of drug-likeness (QED) is 0.312. The summed E-state index contributed by atoms with van der Waals surface area (Å²) in [4.78, 5) is 24.3. The molecule has 7 heteroatoms. The van der Waals surface area contributed by atoms with Gasteiger partial charge in [0.05, 0.1) is 11.3 Å². The van der Waals surface area contributed by atoms with Crippen molar-refractivity contribution in [3.63, 3.8) is 0 Å². The highest BCUT2D eigenvalue weighted by atomic mass is 35.5. The smallest absolute Gasteiger partial charge is 0.258 e. The van der Waals surface area contributed by atoms with Gasteiger partial charge in [-0.25, -0.2) is 14.4 Å². The van der Waals surface area contributed by atoms with Gasteiger partial charge in [-0.1, -0.05) is 60.1 Å². The highest BCUT2D eigenvalue weighted by molar-refractivity contribution is 6.30. The van der Waals surface area contributed by atoms with Gasteiger partial charge in [-0.15, -0.1) is 0 Å². The van der Waals surface area contributed by atoms with E-state index in [2.05, 4.69) is 15.3 Å². The number of amides is 1. The molecule has 4 rings (SSSR count). The Kier molecular flexibility index (Phi) is 7.18. The lowest BCUT2D eigenvalue weighted by atomic mass is 10.0. The van der Waals surface area contributed by atoms with Crippen LogP contribution in [0.25, 0.3) is 11.3 Å². The van der Waals surface area contributed by atoms with Crippen LogP contribution in [0.2, 0.25) is 5.02 Å². The Morgan fingerprint density at radius 1 is 1.06 bits per heavy atom. The maximum Gasteiger partial charge on any atom is 0.258 e. The van der Waals surface area contributed by atoms with Gasteiger partial charge < -0.3 is 10.2 Å². The van der Waals surface area contributed by atoms with Gasteiger partial charge in [0.15, 0.2) is 0 Å². The molecular weight excluding hydrogens is 451 g/mol. The molecule has 5 nitrogen and oxygen atoms in total. The first-order valence-corrected chi connectivity index (χ1v) is 11.3. The van der Waals surface area contributed by atoms with E-state index in [0.29, 0.717) is 17.3 Å². The zero-order valence-electron chi connectivity index (χ0n) is 18.9. The number of carbonyl (C=O) groups is 1. The predicted molar refractivity (Wildman–Crippen MR) is 136 cm³/mol. The fourth-order valence-corrected chi connectivity index (χ4v) is 3.77. The largest absolute Gasteiger partial charge is 0.332 e. The average Bonchev–Trinajstić information content (AvgIpc) is 2.83. The number of hydrogen-bond donors (Lipinski definition) is 1. The van der Waals surface area contributed by atoms with E-state index >= 15 is 0 Å². The molecule has 0 bridgehead atoms. The van der Waals surface area contributed by atoms with Gasteiger partial charge >= 0.3 is 0 Å². The van der Waals surface area contributed by atoms with E-state index in [-0.39, 0.29) is 36.1 Å². The van der Waals surface area contributed by atoms with Crippen molar-refractivity contribution in [3.05, 3.63) is 107 Å². The lowest BCUT2D eigenvalue weighted by Crippen LogP contribution is -2.37. The summed E-state index contributed by atoms with van der Waals surface area (Å²) in [6.45, 7) is 4.30. The standard InChI is InChI=1S/C27H24ClFN4O.H2/c1-18(2)33(17-19-9-4-3-5-10-19)26(34)23-16-30-27(31-21-12-8-11-20(28)15-21)32-25(23)22-13-6-7-14-24(22)29;/h3-16,18H,17H2,1-2H3,(H,30,31,32);1H. The minimum absolute atomic E-state index is 0. The third-order valence-corrected chi connectivity index (χ3v) is 5.54. The number of anilines is 2. The van der Waals surface area contributed by atoms with Crippen molar-refractivity contribution in [2.75, 3.05) is 5.32 Å². The lowest BCUT2D eigenvalue weighted by molar-refractivity contribution is 0.0690. The van der Waals surface area contributed by atoms with E-state index in [1.165, 1.54) is 12.3 Å². The number of halogens is 2. The SMILES string of the molecule is CC(C)N(Cc1ccccc1)C(=O)c1cnc(Nc2cccc(Cl)c2)nc1-c1ccccc1F.[HH]. The average molecular weight is 477 g/mol. The second kappa shape index (κ2) is 10.4. The first kappa shape index (κ1) is 23.4. The summed E-state index contributed by atoms with van der Waals surface area (Å²) < 4.78 is 14.8. The molecule has 0 aliphatic heterocycles. The predicted octanol–water partition coefficient (Wildman–Crippen LogP) is 6.98. The molecule has 0 unspecified atom stereocenters. The number of aromatic nitrogens is 2. The fourth-order valence-electron chi connectivity index (χ4n) is 3.58. The molecule has 1 heterocycles. The van der Waals surface area contributed by atoms with E-state index in [9.17, 15) is 9.18 Å². The van der Waals surface area contributed by atoms with Crippen molar-refractivity contribution in [2.45, 2.75) is 26.4 Å². The minimum Gasteiger partial charge on any atom is -0.332 e. The number of carbonyl (C=O) groups excluding carboxylic acids is 1. The number of benzene rings is 3. The van der Waals surface area contributed by atoms with Crippen molar-refractivity contribution in [3.8, 4) is 11.3 Å². The first-order valence-electron chi connectivity index (χ1n) is 10.9. The zero-order valence-corrected chi connectivity index (χ0v) is 19.6.